The minimum absolute atomic E-state index is 0. The summed E-state index contributed by atoms with van der Waals surface area (Å²) in [5.74, 6) is 2.57. The fourth-order valence-electron chi connectivity index (χ4n) is 15.2. The highest BCUT2D eigenvalue weighted by atomic mass is 35.5. The maximum Gasteiger partial charge on any atom is 0.337 e. The minimum atomic E-state index is -1.20. The number of hydrogen-bond acceptors (Lipinski definition) is 20. The zero-order valence-corrected chi connectivity index (χ0v) is 67.7. The van der Waals surface area contributed by atoms with Crippen LogP contribution in [0, 0.1) is 20.8 Å². The van der Waals surface area contributed by atoms with E-state index in [1.807, 2.05) is 91.2 Å². The second-order valence-corrected chi connectivity index (χ2v) is 32.9. The van der Waals surface area contributed by atoms with Crippen LogP contribution in [0.25, 0.3) is 33.8 Å². The van der Waals surface area contributed by atoms with Crippen molar-refractivity contribution in [1.82, 2.24) is 25.4 Å². The smallest absolute Gasteiger partial charge is 0.337 e. The van der Waals surface area contributed by atoms with Crippen molar-refractivity contribution in [2.45, 2.75) is 121 Å². The molecule has 0 atom stereocenters. The zero-order chi connectivity index (χ0) is 81.9. The number of aromatic nitrogens is 5. The van der Waals surface area contributed by atoms with E-state index >= 15 is 0 Å². The molecule has 12 aromatic rings. The van der Waals surface area contributed by atoms with Gasteiger partial charge in [0, 0.05) is 69.2 Å². The molecular formula is C89H80Cl6N8O15. The molecule has 6 N–H and O–H groups in total. The summed E-state index contributed by atoms with van der Waals surface area (Å²) in [6.07, 6.45) is 10.6. The molecular weight excluding hydrogens is 1630 g/mol. The molecule has 0 amide bonds. The van der Waals surface area contributed by atoms with Crippen LogP contribution in [0.1, 0.15) is 162 Å². The molecule has 23 nitrogen and oxygen atoms in total. The number of rotatable bonds is 24. The first kappa shape index (κ1) is 82.4. The number of aryl methyl sites for hydroxylation is 3. The number of halogens is 6. The number of anilines is 3. The molecule has 0 radical (unpaired) electrons. The van der Waals surface area contributed by atoms with Crippen LogP contribution < -0.4 is 28.9 Å². The first-order chi connectivity index (χ1) is 56.2. The molecule has 3 saturated carbocycles. The maximum atomic E-state index is 11.3. The van der Waals surface area contributed by atoms with Crippen molar-refractivity contribution in [1.29, 1.82) is 0 Å². The van der Waals surface area contributed by atoms with Crippen molar-refractivity contribution in [3.63, 3.8) is 0 Å². The van der Waals surface area contributed by atoms with Gasteiger partial charge in [0.2, 0.25) is 0 Å². The van der Waals surface area contributed by atoms with Crippen molar-refractivity contribution in [2.75, 3.05) is 54.0 Å². The standard InChI is InChI=1S/C30H26Cl2N2O5.2C29H25Cl2N3O5.CH4/c1-17-4-2-7-24(31)26(17)27-22(28(39-33-27)18-8-9-18)14-38-21-10-11-23(25(32)13-21)30(37)15-34(16-30)20-6-3-5-19(12-20)29(35)36;1-16-3-2-4-23(30)25(16)26-21(27(39-33-26)17-5-6-17)13-38-20-7-8-22(24(31)10-20)29(37)14-34(15-29)19-9-18(28(35)36)11-32-12-19;1-16-3-2-4-22(30)25(16)26-20(27(39-33-26)17-5-6-17)13-38-19-7-8-21(23(31)12-19)29(37)14-34(15-29)24-11-18(28(35)36)9-10-32-24;/h2-7,10-13,18,37H,8-9,14-16H2,1H3,(H,35,36);2*2-4,7-12,17,37H,5-6,13-15H2,1H3,(H,35,36);1H4. The molecule has 608 valence electrons. The lowest BCUT2D eigenvalue weighted by atomic mass is 9.85. The van der Waals surface area contributed by atoms with Gasteiger partial charge < -0.3 is 73.1 Å². The van der Waals surface area contributed by atoms with Crippen molar-refractivity contribution in [3.05, 3.63) is 284 Å². The van der Waals surface area contributed by atoms with E-state index in [1.54, 1.807) is 83.9 Å². The summed E-state index contributed by atoms with van der Waals surface area (Å²) in [6.45, 7) is 8.22. The van der Waals surface area contributed by atoms with Crippen LogP contribution in [0.4, 0.5) is 17.2 Å². The summed E-state index contributed by atoms with van der Waals surface area (Å²) in [5.41, 5.74) is 10.2. The van der Waals surface area contributed by atoms with Gasteiger partial charge in [-0.2, -0.15) is 0 Å². The molecule has 3 saturated heterocycles. The number of β-amino-alcohol motifs (C(OH)–C–C–N with tert-alkyl or cyclic N) is 3. The third-order valence-corrected chi connectivity index (χ3v) is 23.9. The fraction of sp³-hybridized carbons (Fsp3) is 0.281. The van der Waals surface area contributed by atoms with E-state index in [-0.39, 0.29) is 70.1 Å². The highest BCUT2D eigenvalue weighted by Crippen LogP contribution is 2.51. The molecule has 6 fully saturated rings. The van der Waals surface area contributed by atoms with Crippen LogP contribution >= 0.6 is 69.6 Å². The number of carboxylic acid groups (broad SMARTS) is 3. The van der Waals surface area contributed by atoms with Crippen LogP contribution in [-0.4, -0.2) is 113 Å². The highest BCUT2D eigenvalue weighted by molar-refractivity contribution is 6.35. The monoisotopic (exact) mass is 1710 g/mol. The average Bonchev–Trinajstić information content (AvgIpc) is 1.20. The molecule has 6 aliphatic rings. The average molecular weight is 1710 g/mol. The summed E-state index contributed by atoms with van der Waals surface area (Å²) < 4.78 is 35.8. The van der Waals surface area contributed by atoms with Crippen LogP contribution in [0.15, 0.2) is 184 Å². The van der Waals surface area contributed by atoms with Gasteiger partial charge in [0.15, 0.2) is 0 Å². The van der Waals surface area contributed by atoms with Crippen LogP contribution in [-0.2, 0) is 36.6 Å². The van der Waals surface area contributed by atoms with Gasteiger partial charge in [-0.05, 0) is 167 Å². The van der Waals surface area contributed by atoms with Crippen molar-refractivity contribution < 1.29 is 72.8 Å². The lowest BCUT2D eigenvalue weighted by Crippen LogP contribution is -2.60. The summed E-state index contributed by atoms with van der Waals surface area (Å²) in [6, 6.07) is 44.0. The topological polar surface area (TPSA) is 314 Å². The first-order valence-electron chi connectivity index (χ1n) is 37.8. The molecule has 3 aliphatic heterocycles. The third kappa shape index (κ3) is 17.0. The Bertz CT molecular complexity index is 5230. The molecule has 29 heteroatoms. The van der Waals surface area contributed by atoms with Gasteiger partial charge in [0.05, 0.1) is 115 Å². The number of pyridine rings is 2. The Morgan fingerprint density at radius 1 is 0.415 bits per heavy atom. The minimum Gasteiger partial charge on any atom is -0.489 e. The Labute approximate surface area is 708 Å². The molecule has 118 heavy (non-hydrogen) atoms. The largest absolute Gasteiger partial charge is 0.489 e. The van der Waals surface area contributed by atoms with E-state index in [4.69, 9.17) is 97.4 Å². The molecule has 7 aromatic carbocycles. The van der Waals surface area contributed by atoms with Gasteiger partial charge in [0.25, 0.3) is 0 Å². The van der Waals surface area contributed by atoms with E-state index in [9.17, 15) is 45.0 Å². The zero-order valence-electron chi connectivity index (χ0n) is 63.2. The number of ether oxygens (including phenoxy) is 3. The van der Waals surface area contributed by atoms with Gasteiger partial charge in [-0.1, -0.05) is 153 Å². The predicted molar refractivity (Wildman–Crippen MR) is 449 cm³/mol. The van der Waals surface area contributed by atoms with Gasteiger partial charge in [0.1, 0.15) is 94.1 Å². The fourth-order valence-corrected chi connectivity index (χ4v) is 17.2. The summed E-state index contributed by atoms with van der Waals surface area (Å²) in [7, 11) is 0. The Hall–Kier alpha value is -10.7. The summed E-state index contributed by atoms with van der Waals surface area (Å²) in [5, 5.41) is 77.5. The number of aliphatic hydroxyl groups is 3. The molecule has 5 aromatic heterocycles. The number of benzene rings is 7. The Kier molecular flexibility index (Phi) is 23.5. The Balaban J connectivity index is 0.000000138. The SMILES string of the molecule is C.Cc1cccc(Cl)c1-c1noc(C2CC2)c1COc1ccc(C2(O)CN(c3cc(C(=O)O)ccn3)C2)c(Cl)c1.Cc1cccc(Cl)c1-c1noc(C2CC2)c1COc1ccc(C2(O)CN(c3cccc(C(=O)O)c3)C2)c(Cl)c1.Cc1cccc(Cl)c1-c1noc(C2CC2)c1COc1ccc(C2(O)CN(c3cncc(C(=O)O)c3)C2)c(Cl)c1. The molecule has 8 heterocycles. The molecule has 0 spiro atoms. The second-order valence-electron chi connectivity index (χ2n) is 30.5. The second kappa shape index (κ2) is 33.6. The van der Waals surface area contributed by atoms with Crippen molar-refractivity contribution in [3.8, 4) is 51.0 Å². The Morgan fingerprint density at radius 2 is 0.763 bits per heavy atom. The lowest BCUT2D eigenvalue weighted by Gasteiger charge is -2.48. The van der Waals surface area contributed by atoms with Crippen molar-refractivity contribution >= 4 is 105 Å². The summed E-state index contributed by atoms with van der Waals surface area (Å²) in [4.78, 5) is 47.6. The van der Waals surface area contributed by atoms with E-state index in [1.165, 1.54) is 30.6 Å². The van der Waals surface area contributed by atoms with Crippen LogP contribution in [0.5, 0.6) is 17.2 Å². The van der Waals surface area contributed by atoms with Gasteiger partial charge in [-0.25, -0.2) is 19.4 Å². The molecule has 18 rings (SSSR count). The number of nitrogens with zero attached hydrogens (tertiary/aromatic N) is 8. The predicted octanol–water partition coefficient (Wildman–Crippen LogP) is 19.9. The quantitative estimate of drug-likeness (QED) is 0.0327. The van der Waals surface area contributed by atoms with E-state index in [2.05, 4.69) is 25.4 Å². The number of carbonyl (C=O) groups is 3. The third-order valence-electron chi connectivity index (χ3n) is 22.0. The van der Waals surface area contributed by atoms with Crippen LogP contribution in [0.2, 0.25) is 30.1 Å². The van der Waals surface area contributed by atoms with Crippen LogP contribution in [0.3, 0.4) is 0 Å². The first-order valence-corrected chi connectivity index (χ1v) is 40.1. The molecule has 0 bridgehead atoms. The van der Waals surface area contributed by atoms with Gasteiger partial charge in [-0.15, -0.1) is 0 Å². The lowest BCUT2D eigenvalue weighted by molar-refractivity contribution is 0.00685. The van der Waals surface area contributed by atoms with E-state index < -0.39 is 34.7 Å². The summed E-state index contributed by atoms with van der Waals surface area (Å²) >= 11 is 39.4. The number of hydrogen-bond donors (Lipinski definition) is 6. The maximum absolute atomic E-state index is 11.3. The molecule has 0 unspecified atom stereocenters. The number of carboxylic acids is 3. The highest BCUT2D eigenvalue weighted by Gasteiger charge is 2.48. The number of aromatic carboxylic acids is 3. The van der Waals surface area contributed by atoms with E-state index in [0.29, 0.717) is 124 Å². The van der Waals surface area contributed by atoms with E-state index in [0.717, 1.165) is 112 Å². The van der Waals surface area contributed by atoms with Gasteiger partial charge >= 0.3 is 17.9 Å². The van der Waals surface area contributed by atoms with Crippen molar-refractivity contribution in [2.24, 2.45) is 0 Å². The Morgan fingerprint density at radius 3 is 1.12 bits per heavy atom. The molecule has 3 aliphatic carbocycles. The van der Waals surface area contributed by atoms with Gasteiger partial charge in [-0.3, -0.25) is 4.98 Å². The normalized spacial score (nSPS) is 16.0.